The van der Waals surface area contributed by atoms with Gasteiger partial charge in [0.05, 0.1) is 24.1 Å². The minimum absolute atomic E-state index is 0.175. The predicted molar refractivity (Wildman–Crippen MR) is 99.6 cm³/mol. The standard InChI is InChI=1S/C19H23ClN4O/c1-23(2)13-19(25)24-8-4-6-15(12-24)18-11-21-10-17(22-18)14-5-3-7-16(20)9-14/h3,5,7,9-11,15H,4,6,8,12-13H2,1-2H3. The molecule has 0 aliphatic carbocycles. The Bertz CT molecular complexity index is 750. The Hall–Kier alpha value is -1.98. The summed E-state index contributed by atoms with van der Waals surface area (Å²) in [5, 5.41) is 0.683. The van der Waals surface area contributed by atoms with Crippen LogP contribution in [0.15, 0.2) is 36.7 Å². The number of halogens is 1. The first kappa shape index (κ1) is 17.8. The normalized spacial score (nSPS) is 17.8. The van der Waals surface area contributed by atoms with Gasteiger partial charge in [-0.3, -0.25) is 9.78 Å². The molecule has 3 rings (SSSR count). The maximum Gasteiger partial charge on any atom is 0.236 e. The lowest BCUT2D eigenvalue weighted by molar-refractivity contribution is -0.133. The maximum atomic E-state index is 12.3. The second kappa shape index (κ2) is 7.93. The quantitative estimate of drug-likeness (QED) is 0.842. The highest BCUT2D eigenvalue weighted by Crippen LogP contribution is 2.27. The van der Waals surface area contributed by atoms with Gasteiger partial charge in [0.1, 0.15) is 0 Å². The van der Waals surface area contributed by atoms with Gasteiger partial charge in [-0.15, -0.1) is 0 Å². The van der Waals surface area contributed by atoms with Crippen molar-refractivity contribution in [2.45, 2.75) is 18.8 Å². The van der Waals surface area contributed by atoms with Crippen molar-refractivity contribution >= 4 is 17.5 Å². The van der Waals surface area contributed by atoms with Crippen LogP contribution in [0.3, 0.4) is 0 Å². The number of amides is 1. The summed E-state index contributed by atoms with van der Waals surface area (Å²) < 4.78 is 0. The molecule has 0 spiro atoms. The fraction of sp³-hybridized carbons (Fsp3) is 0.421. The first-order valence-corrected chi connectivity index (χ1v) is 8.91. The van der Waals surface area contributed by atoms with E-state index in [-0.39, 0.29) is 11.8 Å². The van der Waals surface area contributed by atoms with Crippen molar-refractivity contribution < 1.29 is 4.79 Å². The highest BCUT2D eigenvalue weighted by molar-refractivity contribution is 6.30. The summed E-state index contributed by atoms with van der Waals surface area (Å²) in [5.74, 6) is 0.403. The van der Waals surface area contributed by atoms with E-state index in [9.17, 15) is 4.79 Å². The SMILES string of the molecule is CN(C)CC(=O)N1CCCC(c2cncc(-c3cccc(Cl)c3)n2)C1. The van der Waals surface area contributed by atoms with Crippen LogP contribution in [0.4, 0.5) is 0 Å². The van der Waals surface area contributed by atoms with Gasteiger partial charge in [-0.25, -0.2) is 4.98 Å². The minimum Gasteiger partial charge on any atom is -0.341 e. The Morgan fingerprint density at radius 2 is 2.20 bits per heavy atom. The average molecular weight is 359 g/mol. The minimum atomic E-state index is 0.175. The number of carbonyl (C=O) groups excluding carboxylic acids is 1. The fourth-order valence-electron chi connectivity index (χ4n) is 3.18. The lowest BCUT2D eigenvalue weighted by Crippen LogP contribution is -2.43. The first-order valence-electron chi connectivity index (χ1n) is 8.53. The second-order valence-electron chi connectivity index (χ2n) is 6.76. The summed E-state index contributed by atoms with van der Waals surface area (Å²) in [7, 11) is 3.83. The summed E-state index contributed by atoms with van der Waals surface area (Å²) in [4.78, 5) is 25.4. The molecule has 0 radical (unpaired) electrons. The number of benzene rings is 1. The molecule has 1 aliphatic rings. The van der Waals surface area contributed by atoms with Crippen molar-refractivity contribution in [1.29, 1.82) is 0 Å². The Labute approximate surface area is 153 Å². The van der Waals surface area contributed by atoms with E-state index in [0.717, 1.165) is 36.3 Å². The molecule has 1 fully saturated rings. The fourth-order valence-corrected chi connectivity index (χ4v) is 3.37. The highest BCUT2D eigenvalue weighted by Gasteiger charge is 2.26. The topological polar surface area (TPSA) is 49.3 Å². The van der Waals surface area contributed by atoms with Crippen molar-refractivity contribution in [3.8, 4) is 11.3 Å². The van der Waals surface area contributed by atoms with Crippen LogP contribution in [0.25, 0.3) is 11.3 Å². The third-order valence-corrected chi connectivity index (χ3v) is 4.65. The van der Waals surface area contributed by atoms with Crippen LogP contribution in [0, 0.1) is 0 Å². The number of rotatable bonds is 4. The number of piperidine rings is 1. The van der Waals surface area contributed by atoms with Gasteiger partial charge in [-0.1, -0.05) is 23.7 Å². The molecule has 132 valence electrons. The molecule has 1 saturated heterocycles. The van der Waals surface area contributed by atoms with Gasteiger partial charge < -0.3 is 9.80 Å². The Kier molecular flexibility index (Phi) is 5.66. The van der Waals surface area contributed by atoms with Gasteiger partial charge in [-0.05, 0) is 39.1 Å². The maximum absolute atomic E-state index is 12.3. The van der Waals surface area contributed by atoms with E-state index in [4.69, 9.17) is 16.6 Å². The number of hydrogen-bond donors (Lipinski definition) is 0. The Morgan fingerprint density at radius 3 is 2.96 bits per heavy atom. The molecule has 1 aromatic carbocycles. The molecular weight excluding hydrogens is 336 g/mol. The van der Waals surface area contributed by atoms with Gasteiger partial charge in [0, 0.05) is 35.8 Å². The smallest absolute Gasteiger partial charge is 0.236 e. The zero-order valence-electron chi connectivity index (χ0n) is 14.7. The van der Waals surface area contributed by atoms with E-state index in [1.807, 2.05) is 54.4 Å². The summed E-state index contributed by atoms with van der Waals surface area (Å²) in [6, 6.07) is 7.63. The van der Waals surface area contributed by atoms with E-state index in [1.54, 1.807) is 6.20 Å². The van der Waals surface area contributed by atoms with Crippen molar-refractivity contribution in [2.75, 3.05) is 33.7 Å². The van der Waals surface area contributed by atoms with Crippen LogP contribution in [0.1, 0.15) is 24.5 Å². The van der Waals surface area contributed by atoms with Crippen LogP contribution in [-0.4, -0.2) is 59.4 Å². The van der Waals surface area contributed by atoms with Gasteiger partial charge in [0.15, 0.2) is 0 Å². The van der Waals surface area contributed by atoms with Gasteiger partial charge >= 0.3 is 0 Å². The molecule has 1 aromatic heterocycles. The van der Waals surface area contributed by atoms with Gasteiger partial charge in [0.25, 0.3) is 0 Å². The van der Waals surface area contributed by atoms with Crippen LogP contribution >= 0.6 is 11.6 Å². The summed E-state index contributed by atoms with van der Waals surface area (Å²) in [5.41, 5.74) is 2.72. The van der Waals surface area contributed by atoms with E-state index >= 15 is 0 Å². The van der Waals surface area contributed by atoms with E-state index in [2.05, 4.69) is 4.98 Å². The molecule has 2 heterocycles. The largest absolute Gasteiger partial charge is 0.341 e. The molecule has 5 nitrogen and oxygen atoms in total. The number of hydrogen-bond acceptors (Lipinski definition) is 4. The van der Waals surface area contributed by atoms with Gasteiger partial charge in [-0.2, -0.15) is 0 Å². The summed E-state index contributed by atoms with van der Waals surface area (Å²) in [6.45, 7) is 1.98. The molecule has 0 N–H and O–H groups in total. The van der Waals surface area contributed by atoms with E-state index < -0.39 is 0 Å². The van der Waals surface area contributed by atoms with Crippen LogP contribution < -0.4 is 0 Å². The van der Waals surface area contributed by atoms with Crippen molar-refractivity contribution in [1.82, 2.24) is 19.8 Å². The number of aromatic nitrogens is 2. The Balaban J connectivity index is 1.77. The third-order valence-electron chi connectivity index (χ3n) is 4.42. The third kappa shape index (κ3) is 4.55. The number of nitrogens with zero attached hydrogens (tertiary/aromatic N) is 4. The predicted octanol–water partition coefficient (Wildman–Crippen LogP) is 3.06. The van der Waals surface area contributed by atoms with Crippen LogP contribution in [0.2, 0.25) is 5.02 Å². The molecule has 0 saturated carbocycles. The molecule has 1 unspecified atom stereocenters. The van der Waals surface area contributed by atoms with Crippen LogP contribution in [-0.2, 0) is 4.79 Å². The van der Waals surface area contributed by atoms with E-state index in [1.165, 1.54) is 0 Å². The average Bonchev–Trinajstić information content (AvgIpc) is 2.61. The molecule has 2 aromatic rings. The molecule has 0 bridgehead atoms. The molecule has 25 heavy (non-hydrogen) atoms. The monoisotopic (exact) mass is 358 g/mol. The highest BCUT2D eigenvalue weighted by atomic mass is 35.5. The molecular formula is C19H23ClN4O. The van der Waals surface area contributed by atoms with Crippen molar-refractivity contribution in [2.24, 2.45) is 0 Å². The van der Waals surface area contributed by atoms with Crippen LogP contribution in [0.5, 0.6) is 0 Å². The van der Waals surface area contributed by atoms with E-state index in [0.29, 0.717) is 18.1 Å². The number of likely N-dealkylation sites (tertiary alicyclic amines) is 1. The van der Waals surface area contributed by atoms with Gasteiger partial charge in [0.2, 0.25) is 5.91 Å². The second-order valence-corrected chi connectivity index (χ2v) is 7.19. The van der Waals surface area contributed by atoms with Crippen molar-refractivity contribution in [3.05, 3.63) is 47.4 Å². The zero-order valence-corrected chi connectivity index (χ0v) is 15.4. The molecule has 6 heteroatoms. The van der Waals surface area contributed by atoms with Crippen molar-refractivity contribution in [3.63, 3.8) is 0 Å². The molecule has 1 aliphatic heterocycles. The summed E-state index contributed by atoms with van der Waals surface area (Å²) >= 11 is 6.08. The number of likely N-dealkylation sites (N-methyl/N-ethyl adjacent to an activating group) is 1. The summed E-state index contributed by atoms with van der Waals surface area (Å²) in [6.07, 6.45) is 5.60. The molecule has 1 amide bonds. The lowest BCUT2D eigenvalue weighted by Gasteiger charge is -2.33. The Morgan fingerprint density at radius 1 is 1.36 bits per heavy atom. The first-order chi connectivity index (χ1) is 12.0. The number of carbonyl (C=O) groups is 1. The molecule has 1 atom stereocenters. The lowest BCUT2D eigenvalue weighted by atomic mass is 9.94. The zero-order chi connectivity index (χ0) is 17.8.